The zero-order valence-electron chi connectivity index (χ0n) is 11.2. The molecule has 0 aliphatic carbocycles. The lowest BCUT2D eigenvalue weighted by molar-refractivity contribution is 0.967. The first-order valence-corrected chi connectivity index (χ1v) is 5.99. The van der Waals surface area contributed by atoms with Gasteiger partial charge in [0.2, 0.25) is 0 Å². The molecule has 0 aromatic carbocycles. The molecular weight excluding hydrogens is 192 g/mol. The van der Waals surface area contributed by atoms with Gasteiger partial charge < -0.3 is 0 Å². The van der Waals surface area contributed by atoms with Gasteiger partial charge in [-0.2, -0.15) is 0 Å². The van der Waals surface area contributed by atoms with Crippen molar-refractivity contribution < 1.29 is 0 Å². The van der Waals surface area contributed by atoms with Gasteiger partial charge in [0.15, 0.2) is 0 Å². The molecule has 0 aliphatic heterocycles. The fourth-order valence-corrected chi connectivity index (χ4v) is 1.33. The van der Waals surface area contributed by atoms with E-state index in [-0.39, 0.29) is 0 Å². The third kappa shape index (κ3) is 9.51. The van der Waals surface area contributed by atoms with Crippen molar-refractivity contribution in [3.05, 3.63) is 54.0 Å². The van der Waals surface area contributed by atoms with E-state index in [0.717, 1.165) is 19.3 Å². The molecule has 0 bridgehead atoms. The largest absolute Gasteiger partial charge is 0.0856 e. The molecule has 0 fully saturated rings. The molecule has 0 aromatic heterocycles. The Balaban J connectivity index is 4.04. The van der Waals surface area contributed by atoms with Crippen LogP contribution in [0.4, 0.5) is 0 Å². The van der Waals surface area contributed by atoms with Crippen LogP contribution in [0.25, 0.3) is 0 Å². The van der Waals surface area contributed by atoms with Crippen LogP contribution in [0.15, 0.2) is 47.1 Å². The maximum Gasteiger partial charge on any atom is -0.0285 e. The molecule has 0 aromatic rings. The summed E-state index contributed by atoms with van der Waals surface area (Å²) in [5, 5.41) is 0. The highest BCUT2D eigenvalue weighted by Crippen LogP contribution is 2.07. The van der Waals surface area contributed by atoms with Crippen molar-refractivity contribution in [2.75, 3.05) is 0 Å². The second kappa shape index (κ2) is 9.21. The van der Waals surface area contributed by atoms with E-state index in [1.54, 1.807) is 0 Å². The fraction of sp³-hybridized carbons (Fsp3) is 0.438. The van der Waals surface area contributed by atoms with E-state index in [1.165, 1.54) is 16.7 Å². The third-order valence-electron chi connectivity index (χ3n) is 2.30. The van der Waals surface area contributed by atoms with Gasteiger partial charge in [-0.15, -0.1) is 0 Å². The highest BCUT2D eigenvalue weighted by atomic mass is 13.9. The van der Waals surface area contributed by atoms with Gasteiger partial charge in [0.25, 0.3) is 0 Å². The lowest BCUT2D eigenvalue weighted by Crippen LogP contribution is -1.76. The topological polar surface area (TPSA) is 0 Å². The van der Waals surface area contributed by atoms with Gasteiger partial charge in [-0.25, -0.2) is 0 Å². The Morgan fingerprint density at radius 1 is 1.06 bits per heavy atom. The van der Waals surface area contributed by atoms with Crippen molar-refractivity contribution in [3.63, 3.8) is 0 Å². The Morgan fingerprint density at radius 2 is 1.75 bits per heavy atom. The smallest absolute Gasteiger partial charge is 0.0285 e. The van der Waals surface area contributed by atoms with Crippen molar-refractivity contribution in [1.82, 2.24) is 0 Å². The average molecular weight is 217 g/mol. The Labute approximate surface area is 101 Å². The zero-order valence-corrected chi connectivity index (χ0v) is 11.2. The molecule has 0 N–H and O–H groups in total. The minimum absolute atomic E-state index is 0.861. The third-order valence-corrected chi connectivity index (χ3v) is 2.30. The normalized spacial score (nSPS) is 13.3. The van der Waals surface area contributed by atoms with Gasteiger partial charge in [-0.1, -0.05) is 47.1 Å². The predicted octanol–water partition coefficient (Wildman–Crippen LogP) is 5.41. The maximum atomic E-state index is 3.79. The number of hydrogen-bond donors (Lipinski definition) is 0. The Morgan fingerprint density at radius 3 is 2.31 bits per heavy atom. The van der Waals surface area contributed by atoms with Crippen LogP contribution in [0.5, 0.6) is 0 Å². The molecule has 0 heteroatoms. The second-order valence-electron chi connectivity index (χ2n) is 4.43. The summed E-state index contributed by atoms with van der Waals surface area (Å²) in [4.78, 5) is 0. The standard InChI is InChI=1S/C16H25/c1-6-9-15(4)12-8-13-16(5)11-7-10-14(2)3/h8-10,12-13H,1,6-7,11H2,2-5H3. The monoisotopic (exact) mass is 217 g/mol. The lowest BCUT2D eigenvalue weighted by atomic mass is 10.1. The van der Waals surface area contributed by atoms with E-state index in [1.807, 2.05) is 0 Å². The summed E-state index contributed by atoms with van der Waals surface area (Å²) in [6.07, 6.45) is 14.0. The van der Waals surface area contributed by atoms with Crippen molar-refractivity contribution in [2.45, 2.75) is 47.0 Å². The fourth-order valence-electron chi connectivity index (χ4n) is 1.33. The van der Waals surface area contributed by atoms with Crippen LogP contribution < -0.4 is 0 Å². The summed E-state index contributed by atoms with van der Waals surface area (Å²) in [7, 11) is 0. The molecular formula is C16H25. The van der Waals surface area contributed by atoms with Crippen molar-refractivity contribution in [3.8, 4) is 0 Å². The van der Waals surface area contributed by atoms with E-state index in [9.17, 15) is 0 Å². The number of allylic oxidation sites excluding steroid dienone is 8. The highest BCUT2D eigenvalue weighted by Gasteiger charge is 1.86. The first-order valence-electron chi connectivity index (χ1n) is 5.99. The summed E-state index contributed by atoms with van der Waals surface area (Å²) >= 11 is 0. The van der Waals surface area contributed by atoms with E-state index in [0.29, 0.717) is 0 Å². The van der Waals surface area contributed by atoms with E-state index < -0.39 is 0 Å². The minimum atomic E-state index is 0.861. The van der Waals surface area contributed by atoms with Crippen molar-refractivity contribution >= 4 is 0 Å². The summed E-state index contributed by atoms with van der Waals surface area (Å²) in [6.45, 7) is 12.4. The van der Waals surface area contributed by atoms with Crippen LogP contribution in [-0.2, 0) is 0 Å². The van der Waals surface area contributed by atoms with Crippen LogP contribution in [0.2, 0.25) is 0 Å². The van der Waals surface area contributed by atoms with Gasteiger partial charge in [0.05, 0.1) is 0 Å². The van der Waals surface area contributed by atoms with E-state index in [2.05, 4.69) is 65.0 Å². The molecule has 0 aliphatic rings. The molecule has 89 valence electrons. The SMILES string of the molecule is [CH2]CC=C(C)C=CC=C(C)CCC=C(C)C. The molecule has 16 heavy (non-hydrogen) atoms. The summed E-state index contributed by atoms with van der Waals surface area (Å²) < 4.78 is 0. The molecule has 0 heterocycles. The number of rotatable bonds is 6. The summed E-state index contributed by atoms with van der Waals surface area (Å²) in [5.41, 5.74) is 4.11. The molecule has 0 rings (SSSR count). The summed E-state index contributed by atoms with van der Waals surface area (Å²) in [6, 6.07) is 0. The average Bonchev–Trinajstić information content (AvgIpc) is 2.17. The summed E-state index contributed by atoms with van der Waals surface area (Å²) in [5.74, 6) is 0. The highest BCUT2D eigenvalue weighted by molar-refractivity contribution is 5.22. The molecule has 0 spiro atoms. The van der Waals surface area contributed by atoms with Crippen LogP contribution in [0, 0.1) is 6.92 Å². The number of hydrogen-bond acceptors (Lipinski definition) is 0. The molecule has 0 saturated carbocycles. The van der Waals surface area contributed by atoms with Crippen LogP contribution >= 0.6 is 0 Å². The van der Waals surface area contributed by atoms with Crippen molar-refractivity contribution in [1.29, 1.82) is 0 Å². The Kier molecular flexibility index (Phi) is 8.61. The van der Waals surface area contributed by atoms with Gasteiger partial charge in [-0.05, 0) is 53.9 Å². The van der Waals surface area contributed by atoms with Crippen LogP contribution in [0.3, 0.4) is 0 Å². The predicted molar refractivity (Wildman–Crippen MR) is 75.3 cm³/mol. The zero-order chi connectivity index (χ0) is 12.4. The van der Waals surface area contributed by atoms with Crippen molar-refractivity contribution in [2.24, 2.45) is 0 Å². The molecule has 0 atom stereocenters. The van der Waals surface area contributed by atoms with Gasteiger partial charge in [0.1, 0.15) is 0 Å². The van der Waals surface area contributed by atoms with Crippen LogP contribution in [0.1, 0.15) is 47.0 Å². The molecule has 0 amide bonds. The molecule has 1 radical (unpaired) electrons. The van der Waals surface area contributed by atoms with E-state index >= 15 is 0 Å². The minimum Gasteiger partial charge on any atom is -0.0856 e. The second-order valence-corrected chi connectivity index (χ2v) is 4.43. The molecule has 0 nitrogen and oxygen atoms in total. The van der Waals surface area contributed by atoms with Gasteiger partial charge in [0, 0.05) is 0 Å². The van der Waals surface area contributed by atoms with Gasteiger partial charge in [-0.3, -0.25) is 0 Å². The van der Waals surface area contributed by atoms with Crippen LogP contribution in [-0.4, -0.2) is 0 Å². The first-order chi connectivity index (χ1) is 7.56. The van der Waals surface area contributed by atoms with E-state index in [4.69, 9.17) is 0 Å². The Hall–Kier alpha value is -1.04. The maximum absolute atomic E-state index is 3.79. The molecule has 0 unspecified atom stereocenters. The molecule has 0 saturated heterocycles. The quantitative estimate of drug-likeness (QED) is 0.412. The lowest BCUT2D eigenvalue weighted by Gasteiger charge is -1.96. The Bertz CT molecular complexity index is 294. The van der Waals surface area contributed by atoms with Gasteiger partial charge >= 0.3 is 0 Å². The first kappa shape index (κ1) is 15.0.